The summed E-state index contributed by atoms with van der Waals surface area (Å²) in [6.45, 7) is 0.231. The number of hydrogen-bond acceptors (Lipinski definition) is 8. The Balaban J connectivity index is 1.78. The molecule has 12 heteroatoms. The number of carbonyl (C=O) groups is 2. The highest BCUT2D eigenvalue weighted by Gasteiger charge is 2.35. The molecule has 2 aromatic rings. The van der Waals surface area contributed by atoms with Crippen molar-refractivity contribution in [2.24, 2.45) is 5.10 Å². The topological polar surface area (TPSA) is 161 Å². The van der Waals surface area contributed by atoms with Crippen molar-refractivity contribution in [2.75, 3.05) is 6.54 Å². The summed E-state index contributed by atoms with van der Waals surface area (Å²) in [4.78, 5) is 46.9. The highest BCUT2D eigenvalue weighted by Crippen LogP contribution is 2.26. The number of non-ortho nitro benzene ring substituents is 2. The monoisotopic (exact) mass is 401 g/mol. The Hall–Kier alpha value is -4.09. The average Bonchev–Trinajstić information content (AvgIpc) is 3.38. The molecule has 3 rings (SSSR count). The molecule has 12 nitrogen and oxygen atoms in total. The molecule has 0 aliphatic carbocycles. The largest absolute Gasteiger partial charge is 0.463 e. The number of nitrogens with one attached hydrogen (secondary N) is 1. The molecule has 2 amide bonds. The molecular formula is C17H15N5O7. The smallest absolute Gasteiger partial charge is 0.277 e. The van der Waals surface area contributed by atoms with Crippen LogP contribution in [0.25, 0.3) is 0 Å². The highest BCUT2D eigenvalue weighted by atomic mass is 16.6. The lowest BCUT2D eigenvalue weighted by atomic mass is 10.1. The van der Waals surface area contributed by atoms with E-state index < -0.39 is 39.1 Å². The Morgan fingerprint density at radius 3 is 2.48 bits per heavy atom. The number of nitro benzene ring substituents is 2. The van der Waals surface area contributed by atoms with E-state index >= 15 is 0 Å². The van der Waals surface area contributed by atoms with Crippen LogP contribution >= 0.6 is 0 Å². The lowest BCUT2D eigenvalue weighted by Gasteiger charge is -2.23. The number of hydrazone groups is 1. The third kappa shape index (κ3) is 4.43. The number of hydrogen-bond donors (Lipinski definition) is 1. The van der Waals surface area contributed by atoms with Crippen LogP contribution < -0.4 is 5.43 Å². The fourth-order valence-corrected chi connectivity index (χ4v) is 2.98. The summed E-state index contributed by atoms with van der Waals surface area (Å²) >= 11 is 0. The number of carbonyl (C=O) groups excluding carboxylic acids is 2. The number of benzene rings is 1. The van der Waals surface area contributed by atoms with Crippen LogP contribution in [0.3, 0.4) is 0 Å². The van der Waals surface area contributed by atoms with E-state index in [2.05, 4.69) is 10.5 Å². The molecule has 1 N–H and O–H groups in total. The van der Waals surface area contributed by atoms with Gasteiger partial charge in [-0.3, -0.25) is 29.8 Å². The van der Waals surface area contributed by atoms with Crippen LogP contribution in [0.1, 0.15) is 29.0 Å². The van der Waals surface area contributed by atoms with Crippen molar-refractivity contribution in [1.82, 2.24) is 10.3 Å². The van der Waals surface area contributed by atoms with Crippen molar-refractivity contribution < 1.29 is 23.9 Å². The van der Waals surface area contributed by atoms with Gasteiger partial charge in [-0.2, -0.15) is 5.10 Å². The molecule has 0 saturated carbocycles. The molecule has 1 aliphatic rings. The standard InChI is InChI=1S/C17H15N5O7/c23-16(19-18-10-14-3-2-6-29-14)15-4-1-5-20(15)17(24)11-7-12(21(25)26)9-13(8-11)22(27)28/h2-3,6-10,15H,1,4-5H2,(H,19,23). The summed E-state index contributed by atoms with van der Waals surface area (Å²) in [5.74, 6) is -0.823. The molecule has 0 bridgehead atoms. The highest BCUT2D eigenvalue weighted by molar-refractivity contribution is 5.99. The fourth-order valence-electron chi connectivity index (χ4n) is 2.98. The third-order valence-corrected chi connectivity index (χ3v) is 4.30. The van der Waals surface area contributed by atoms with Crippen LogP contribution in [0, 0.1) is 20.2 Å². The second-order valence-corrected chi connectivity index (χ2v) is 6.16. The lowest BCUT2D eigenvalue weighted by molar-refractivity contribution is -0.394. The molecule has 1 atom stereocenters. The molecule has 1 aromatic carbocycles. The second kappa shape index (κ2) is 8.29. The fraction of sp³-hybridized carbons (Fsp3) is 0.235. The van der Waals surface area contributed by atoms with Gasteiger partial charge in [0.15, 0.2) is 0 Å². The summed E-state index contributed by atoms with van der Waals surface area (Å²) in [7, 11) is 0. The minimum absolute atomic E-state index is 0.231. The Morgan fingerprint density at radius 1 is 1.21 bits per heavy atom. The summed E-state index contributed by atoms with van der Waals surface area (Å²) in [5.41, 5.74) is 0.931. The molecule has 2 heterocycles. The molecular weight excluding hydrogens is 386 g/mol. The predicted molar refractivity (Wildman–Crippen MR) is 98.3 cm³/mol. The van der Waals surface area contributed by atoms with Gasteiger partial charge in [-0.15, -0.1) is 0 Å². The summed E-state index contributed by atoms with van der Waals surface area (Å²) in [6.07, 6.45) is 3.63. The van der Waals surface area contributed by atoms with Gasteiger partial charge in [0, 0.05) is 18.7 Å². The minimum atomic E-state index is -0.852. The van der Waals surface area contributed by atoms with Crippen LogP contribution in [-0.4, -0.2) is 45.4 Å². The molecule has 0 radical (unpaired) electrons. The van der Waals surface area contributed by atoms with E-state index in [9.17, 15) is 29.8 Å². The number of likely N-dealkylation sites (tertiary alicyclic amines) is 1. The van der Waals surface area contributed by atoms with Crippen LogP contribution in [0.15, 0.2) is 46.1 Å². The van der Waals surface area contributed by atoms with E-state index in [0.717, 1.165) is 18.2 Å². The van der Waals surface area contributed by atoms with E-state index in [1.807, 2.05) is 0 Å². The molecule has 150 valence electrons. The number of nitro groups is 2. The molecule has 0 spiro atoms. The maximum Gasteiger partial charge on any atom is 0.277 e. The Labute approximate surface area is 163 Å². The number of nitrogens with zero attached hydrogens (tertiary/aromatic N) is 4. The van der Waals surface area contributed by atoms with Crippen molar-refractivity contribution in [3.63, 3.8) is 0 Å². The van der Waals surface area contributed by atoms with E-state index in [0.29, 0.717) is 18.6 Å². The van der Waals surface area contributed by atoms with Crippen LogP contribution in [0.4, 0.5) is 11.4 Å². The molecule has 29 heavy (non-hydrogen) atoms. The summed E-state index contributed by atoms with van der Waals surface area (Å²) < 4.78 is 5.04. The van der Waals surface area contributed by atoms with E-state index in [1.165, 1.54) is 17.4 Å². The number of rotatable bonds is 6. The van der Waals surface area contributed by atoms with Crippen LogP contribution in [0.2, 0.25) is 0 Å². The minimum Gasteiger partial charge on any atom is -0.463 e. The van der Waals surface area contributed by atoms with Gasteiger partial charge in [0.05, 0.1) is 34.0 Å². The van der Waals surface area contributed by atoms with Gasteiger partial charge < -0.3 is 9.32 Å². The third-order valence-electron chi connectivity index (χ3n) is 4.30. The lowest BCUT2D eigenvalue weighted by Crippen LogP contribution is -2.44. The zero-order chi connectivity index (χ0) is 21.0. The SMILES string of the molecule is O=C(NN=Cc1ccco1)C1CCCN1C(=O)c1cc([N+](=O)[O-])cc([N+](=O)[O-])c1. The first kappa shape index (κ1) is 19.7. The van der Waals surface area contributed by atoms with Gasteiger partial charge in [0.25, 0.3) is 23.2 Å². The van der Waals surface area contributed by atoms with Gasteiger partial charge in [-0.05, 0) is 25.0 Å². The number of amides is 2. The van der Waals surface area contributed by atoms with Crippen LogP contribution in [-0.2, 0) is 4.79 Å². The summed E-state index contributed by atoms with van der Waals surface area (Å²) in [6, 6.07) is 5.12. The van der Waals surface area contributed by atoms with Gasteiger partial charge in [0.2, 0.25) is 0 Å². The Morgan fingerprint density at radius 2 is 1.90 bits per heavy atom. The summed E-state index contributed by atoms with van der Waals surface area (Å²) in [5, 5.41) is 25.8. The normalized spacial score (nSPS) is 16.1. The zero-order valence-corrected chi connectivity index (χ0v) is 14.9. The van der Waals surface area contributed by atoms with E-state index in [4.69, 9.17) is 4.42 Å². The van der Waals surface area contributed by atoms with E-state index in [-0.39, 0.29) is 12.1 Å². The number of furan rings is 1. The molecule has 1 saturated heterocycles. The maximum absolute atomic E-state index is 12.8. The Kier molecular flexibility index (Phi) is 5.62. The van der Waals surface area contributed by atoms with E-state index in [1.54, 1.807) is 12.1 Å². The first-order valence-corrected chi connectivity index (χ1v) is 8.48. The van der Waals surface area contributed by atoms with Crippen molar-refractivity contribution in [2.45, 2.75) is 18.9 Å². The molecule has 1 aromatic heterocycles. The van der Waals surface area contributed by atoms with Gasteiger partial charge >= 0.3 is 0 Å². The van der Waals surface area contributed by atoms with Crippen molar-refractivity contribution in [3.05, 3.63) is 68.1 Å². The van der Waals surface area contributed by atoms with Crippen molar-refractivity contribution >= 4 is 29.4 Å². The first-order chi connectivity index (χ1) is 13.9. The predicted octanol–water partition coefficient (Wildman–Crippen LogP) is 1.85. The zero-order valence-electron chi connectivity index (χ0n) is 14.9. The first-order valence-electron chi connectivity index (χ1n) is 8.48. The average molecular weight is 401 g/mol. The van der Waals surface area contributed by atoms with Crippen molar-refractivity contribution in [3.8, 4) is 0 Å². The Bertz CT molecular complexity index is 954. The quantitative estimate of drug-likeness (QED) is 0.439. The van der Waals surface area contributed by atoms with Gasteiger partial charge in [0.1, 0.15) is 11.8 Å². The molecule has 1 unspecified atom stereocenters. The van der Waals surface area contributed by atoms with Crippen molar-refractivity contribution in [1.29, 1.82) is 0 Å². The second-order valence-electron chi connectivity index (χ2n) is 6.16. The molecule has 1 aliphatic heterocycles. The maximum atomic E-state index is 12.8. The van der Waals surface area contributed by atoms with Crippen LogP contribution in [0.5, 0.6) is 0 Å². The van der Waals surface area contributed by atoms with Gasteiger partial charge in [-0.25, -0.2) is 5.43 Å². The van der Waals surface area contributed by atoms with Gasteiger partial charge in [-0.1, -0.05) is 0 Å². The molecule has 1 fully saturated rings.